The molecule has 0 amide bonds. The zero-order valence-corrected chi connectivity index (χ0v) is 13.3. The van der Waals surface area contributed by atoms with Crippen LogP contribution >= 0.6 is 0 Å². The van der Waals surface area contributed by atoms with Gasteiger partial charge in [0.2, 0.25) is 0 Å². The third-order valence-corrected chi connectivity index (χ3v) is 4.08. The summed E-state index contributed by atoms with van der Waals surface area (Å²) in [5, 5.41) is 8.61. The molecule has 3 rings (SSSR count). The van der Waals surface area contributed by atoms with Crippen molar-refractivity contribution in [1.82, 2.24) is 14.8 Å². The first-order valence-electron chi connectivity index (χ1n) is 7.55. The minimum atomic E-state index is 0.310. The van der Waals surface area contributed by atoms with E-state index in [9.17, 15) is 0 Å². The molecule has 2 heterocycles. The highest BCUT2D eigenvalue weighted by atomic mass is 16.5. The second-order valence-electron chi connectivity index (χ2n) is 6.89. The predicted molar refractivity (Wildman–Crippen MR) is 82.4 cm³/mol. The fourth-order valence-corrected chi connectivity index (χ4v) is 2.97. The van der Waals surface area contributed by atoms with Gasteiger partial charge in [-0.1, -0.05) is 19.9 Å². The maximum absolute atomic E-state index is 5.92. The topological polar surface area (TPSA) is 39.9 Å². The maximum atomic E-state index is 5.92. The van der Waals surface area contributed by atoms with E-state index in [1.807, 2.05) is 0 Å². The quantitative estimate of drug-likeness (QED) is 0.867. The van der Waals surface area contributed by atoms with Crippen LogP contribution in [0.2, 0.25) is 0 Å². The lowest BCUT2D eigenvalue weighted by atomic mass is 9.85. The van der Waals surface area contributed by atoms with E-state index in [2.05, 4.69) is 60.7 Å². The van der Waals surface area contributed by atoms with Crippen LogP contribution in [0.25, 0.3) is 0 Å². The number of rotatable bonds is 3. The van der Waals surface area contributed by atoms with E-state index in [1.165, 1.54) is 17.5 Å². The first-order chi connectivity index (χ1) is 9.93. The molecule has 0 bridgehead atoms. The van der Waals surface area contributed by atoms with Crippen molar-refractivity contribution in [1.29, 1.82) is 0 Å². The molecular weight excluding hydrogens is 262 g/mol. The fourth-order valence-electron chi connectivity index (χ4n) is 2.97. The molecule has 0 N–H and O–H groups in total. The summed E-state index contributed by atoms with van der Waals surface area (Å²) in [5.74, 6) is 2.92. The summed E-state index contributed by atoms with van der Waals surface area (Å²) in [6.45, 7) is 10.2. The fraction of sp³-hybridized carbons (Fsp3) is 0.529. The predicted octanol–water partition coefficient (Wildman–Crippen LogP) is 3.45. The third kappa shape index (κ3) is 3.09. The highest BCUT2D eigenvalue weighted by Crippen LogP contribution is 2.30. The van der Waals surface area contributed by atoms with Gasteiger partial charge in [0.25, 0.3) is 0 Å². The van der Waals surface area contributed by atoms with Gasteiger partial charge in [0.15, 0.2) is 5.82 Å². The van der Waals surface area contributed by atoms with Crippen LogP contribution in [-0.2, 0) is 19.6 Å². The van der Waals surface area contributed by atoms with Crippen molar-refractivity contribution in [2.75, 3.05) is 0 Å². The van der Waals surface area contributed by atoms with Crippen LogP contribution in [0.1, 0.15) is 43.0 Å². The van der Waals surface area contributed by atoms with E-state index in [1.54, 1.807) is 0 Å². The van der Waals surface area contributed by atoms with Crippen LogP contribution in [0.3, 0.4) is 0 Å². The van der Waals surface area contributed by atoms with Gasteiger partial charge in [-0.3, -0.25) is 0 Å². The van der Waals surface area contributed by atoms with Crippen molar-refractivity contribution in [2.45, 2.75) is 53.7 Å². The van der Waals surface area contributed by atoms with Crippen molar-refractivity contribution in [3.63, 3.8) is 0 Å². The molecule has 21 heavy (non-hydrogen) atoms. The van der Waals surface area contributed by atoms with Crippen molar-refractivity contribution >= 4 is 0 Å². The van der Waals surface area contributed by atoms with Gasteiger partial charge in [0.05, 0.1) is 0 Å². The molecule has 1 aromatic heterocycles. The molecule has 0 saturated heterocycles. The van der Waals surface area contributed by atoms with E-state index < -0.39 is 0 Å². The molecule has 4 heteroatoms. The van der Waals surface area contributed by atoms with E-state index in [0.29, 0.717) is 12.0 Å². The summed E-state index contributed by atoms with van der Waals surface area (Å²) in [6, 6.07) is 6.27. The smallest absolute Gasteiger partial charge is 0.171 e. The van der Waals surface area contributed by atoms with Gasteiger partial charge in [-0.2, -0.15) is 0 Å². The summed E-state index contributed by atoms with van der Waals surface area (Å²) >= 11 is 0. The molecule has 1 aromatic carbocycles. The molecule has 1 aliphatic rings. The largest absolute Gasteiger partial charge is 0.486 e. The summed E-state index contributed by atoms with van der Waals surface area (Å²) in [7, 11) is 0. The highest BCUT2D eigenvalue weighted by Gasteiger charge is 2.28. The lowest BCUT2D eigenvalue weighted by Crippen LogP contribution is -2.28. The number of nitrogens with zero attached hydrogens (tertiary/aromatic N) is 3. The van der Waals surface area contributed by atoms with Gasteiger partial charge in [0.1, 0.15) is 18.2 Å². The average Bonchev–Trinajstić information content (AvgIpc) is 2.76. The molecule has 2 aromatic rings. The molecule has 0 fully saturated rings. The van der Waals surface area contributed by atoms with Crippen molar-refractivity contribution in [3.8, 4) is 5.75 Å². The number of ether oxygens (including phenoxy) is 1. The zero-order chi connectivity index (χ0) is 15.0. The Morgan fingerprint density at radius 3 is 2.57 bits per heavy atom. The Hall–Kier alpha value is -1.84. The molecule has 0 spiro atoms. The van der Waals surface area contributed by atoms with Crippen LogP contribution < -0.4 is 4.74 Å². The van der Waals surface area contributed by atoms with Crippen LogP contribution in [0.5, 0.6) is 5.75 Å². The van der Waals surface area contributed by atoms with Crippen LogP contribution in [0.4, 0.5) is 0 Å². The number of aryl methyl sites for hydroxylation is 3. The highest BCUT2D eigenvalue weighted by molar-refractivity contribution is 5.33. The molecule has 1 aliphatic heterocycles. The Balaban J connectivity index is 1.76. The molecule has 0 aliphatic carbocycles. The minimum absolute atomic E-state index is 0.310. The first-order valence-corrected chi connectivity index (χ1v) is 7.55. The van der Waals surface area contributed by atoms with Gasteiger partial charge in [-0.25, -0.2) is 0 Å². The number of aromatic nitrogens is 3. The number of fused-ring (bicyclic) bond motifs is 1. The number of benzene rings is 1. The molecule has 0 radical (unpaired) electrons. The van der Waals surface area contributed by atoms with Crippen LogP contribution in [0, 0.1) is 19.3 Å². The standard InChI is InChI=1S/C17H23N3O/c1-12-7-13(2)9-14(8-12)21-10-16-19-18-15-5-6-17(3,4)11-20(15)16/h7-9H,5-6,10-11H2,1-4H3. The van der Waals surface area contributed by atoms with Gasteiger partial charge in [-0.15, -0.1) is 10.2 Å². The SMILES string of the molecule is Cc1cc(C)cc(OCc2nnc3n2CC(C)(C)CC3)c1. The van der Waals surface area contributed by atoms with Crippen molar-refractivity contribution in [2.24, 2.45) is 5.41 Å². The van der Waals surface area contributed by atoms with Crippen molar-refractivity contribution < 1.29 is 4.74 Å². The minimum Gasteiger partial charge on any atom is -0.486 e. The summed E-state index contributed by atoms with van der Waals surface area (Å²) < 4.78 is 8.15. The average molecular weight is 285 g/mol. The van der Waals surface area contributed by atoms with Gasteiger partial charge in [-0.05, 0) is 48.9 Å². The normalized spacial score (nSPS) is 16.6. The Bertz CT molecular complexity index is 638. The van der Waals surface area contributed by atoms with Crippen LogP contribution in [-0.4, -0.2) is 14.8 Å². The molecule has 0 atom stereocenters. The third-order valence-electron chi connectivity index (χ3n) is 4.08. The summed E-state index contributed by atoms with van der Waals surface area (Å²) in [6.07, 6.45) is 2.17. The zero-order valence-electron chi connectivity index (χ0n) is 13.3. The van der Waals surface area contributed by atoms with Gasteiger partial charge >= 0.3 is 0 Å². The van der Waals surface area contributed by atoms with Gasteiger partial charge < -0.3 is 9.30 Å². The van der Waals surface area contributed by atoms with Crippen molar-refractivity contribution in [3.05, 3.63) is 41.0 Å². The van der Waals surface area contributed by atoms with E-state index in [0.717, 1.165) is 30.4 Å². The monoisotopic (exact) mass is 285 g/mol. The Kier molecular flexibility index (Phi) is 3.47. The second kappa shape index (κ2) is 5.17. The Morgan fingerprint density at radius 1 is 1.14 bits per heavy atom. The number of hydrogen-bond acceptors (Lipinski definition) is 3. The van der Waals surface area contributed by atoms with Gasteiger partial charge in [0, 0.05) is 13.0 Å². The second-order valence-corrected chi connectivity index (χ2v) is 6.89. The Labute approximate surface area is 126 Å². The summed E-state index contributed by atoms with van der Waals surface area (Å²) in [5.41, 5.74) is 2.74. The van der Waals surface area contributed by atoms with E-state index in [4.69, 9.17) is 4.74 Å². The maximum Gasteiger partial charge on any atom is 0.171 e. The molecule has 112 valence electrons. The lowest BCUT2D eigenvalue weighted by molar-refractivity contribution is 0.227. The number of hydrogen-bond donors (Lipinski definition) is 0. The molecule has 0 saturated carbocycles. The van der Waals surface area contributed by atoms with E-state index >= 15 is 0 Å². The summed E-state index contributed by atoms with van der Waals surface area (Å²) in [4.78, 5) is 0. The first kappa shape index (κ1) is 14.1. The van der Waals surface area contributed by atoms with E-state index in [-0.39, 0.29) is 0 Å². The molecule has 0 unspecified atom stereocenters. The molecule has 4 nitrogen and oxygen atoms in total. The Morgan fingerprint density at radius 2 is 1.86 bits per heavy atom. The molecular formula is C17H23N3O. The lowest BCUT2D eigenvalue weighted by Gasteiger charge is -2.30. The van der Waals surface area contributed by atoms with Crippen LogP contribution in [0.15, 0.2) is 18.2 Å².